The number of carbonyl (C=O) groups excluding carboxylic acids is 1. The molecule has 0 aliphatic carbocycles. The molecule has 116 valence electrons. The van der Waals surface area contributed by atoms with Gasteiger partial charge in [0.25, 0.3) is 0 Å². The lowest BCUT2D eigenvalue weighted by Crippen LogP contribution is -2.56. The van der Waals surface area contributed by atoms with Crippen molar-refractivity contribution < 1.29 is 4.79 Å². The van der Waals surface area contributed by atoms with Crippen molar-refractivity contribution >= 4 is 17.2 Å². The van der Waals surface area contributed by atoms with Gasteiger partial charge in [0.05, 0.1) is 0 Å². The van der Waals surface area contributed by atoms with Crippen molar-refractivity contribution in [2.75, 3.05) is 33.2 Å². The van der Waals surface area contributed by atoms with E-state index in [1.807, 2.05) is 18.4 Å². The Balaban J connectivity index is 1.60. The van der Waals surface area contributed by atoms with Gasteiger partial charge in [0.15, 0.2) is 0 Å². The highest BCUT2D eigenvalue weighted by molar-refractivity contribution is 7.09. The Hall–Kier alpha value is -0.910. The standard InChI is InChI=1S/C16H25N3OS/c1-17-7-9-19-15-6-8-18(12-14-3-2-10-21-14)11-13(15)4-5-16(19)20/h2-3,10,13,15,17H,4-9,11-12H2,1H3/t13-,15+/m0/s1. The number of likely N-dealkylation sites (tertiary alicyclic amines) is 2. The van der Waals surface area contributed by atoms with E-state index < -0.39 is 0 Å². The maximum absolute atomic E-state index is 12.2. The largest absolute Gasteiger partial charge is 0.338 e. The van der Waals surface area contributed by atoms with Crippen molar-refractivity contribution in [1.29, 1.82) is 0 Å². The quantitative estimate of drug-likeness (QED) is 0.901. The fourth-order valence-electron chi connectivity index (χ4n) is 3.72. The number of carbonyl (C=O) groups is 1. The molecule has 0 radical (unpaired) electrons. The van der Waals surface area contributed by atoms with Crippen LogP contribution in [0.3, 0.4) is 0 Å². The summed E-state index contributed by atoms with van der Waals surface area (Å²) < 4.78 is 0. The summed E-state index contributed by atoms with van der Waals surface area (Å²) in [5.41, 5.74) is 0. The van der Waals surface area contributed by atoms with Crippen LogP contribution in [-0.2, 0) is 11.3 Å². The molecular formula is C16H25N3OS. The summed E-state index contributed by atoms with van der Waals surface area (Å²) in [6, 6.07) is 4.82. The molecule has 2 atom stereocenters. The van der Waals surface area contributed by atoms with Gasteiger partial charge in [0, 0.05) is 50.1 Å². The molecule has 2 aliphatic heterocycles. The van der Waals surface area contributed by atoms with E-state index in [1.165, 1.54) is 4.88 Å². The van der Waals surface area contributed by atoms with Crippen LogP contribution in [0.25, 0.3) is 0 Å². The molecule has 4 nitrogen and oxygen atoms in total. The van der Waals surface area contributed by atoms with E-state index >= 15 is 0 Å². The Labute approximate surface area is 131 Å². The number of likely N-dealkylation sites (N-methyl/N-ethyl adjacent to an activating group) is 1. The molecule has 0 saturated carbocycles. The Morgan fingerprint density at radius 2 is 2.33 bits per heavy atom. The number of amides is 1. The maximum atomic E-state index is 12.2. The Kier molecular flexibility index (Phi) is 4.93. The molecule has 2 aliphatic rings. The van der Waals surface area contributed by atoms with Gasteiger partial charge in [-0.3, -0.25) is 9.69 Å². The number of hydrogen-bond donors (Lipinski definition) is 1. The third kappa shape index (κ3) is 3.47. The van der Waals surface area contributed by atoms with Crippen LogP contribution < -0.4 is 5.32 Å². The Morgan fingerprint density at radius 1 is 1.43 bits per heavy atom. The number of piperidine rings is 2. The molecule has 3 heterocycles. The van der Waals surface area contributed by atoms with Gasteiger partial charge < -0.3 is 10.2 Å². The summed E-state index contributed by atoms with van der Waals surface area (Å²) in [6.45, 7) is 5.09. The van der Waals surface area contributed by atoms with E-state index in [9.17, 15) is 4.79 Å². The SMILES string of the molecule is CNCCN1C(=O)CC[C@H]2CN(Cc3cccs3)CC[C@H]21. The van der Waals surface area contributed by atoms with Gasteiger partial charge in [-0.05, 0) is 37.3 Å². The van der Waals surface area contributed by atoms with Gasteiger partial charge in [-0.2, -0.15) is 0 Å². The van der Waals surface area contributed by atoms with Crippen LogP contribution in [0.2, 0.25) is 0 Å². The van der Waals surface area contributed by atoms with Gasteiger partial charge in [-0.25, -0.2) is 0 Å². The number of nitrogens with zero attached hydrogens (tertiary/aromatic N) is 2. The third-order valence-corrected chi connectivity index (χ3v) is 5.65. The van der Waals surface area contributed by atoms with Crippen molar-refractivity contribution in [2.45, 2.75) is 31.8 Å². The van der Waals surface area contributed by atoms with Crippen molar-refractivity contribution in [2.24, 2.45) is 5.92 Å². The molecular weight excluding hydrogens is 282 g/mol. The number of fused-ring (bicyclic) bond motifs is 1. The first kappa shape index (κ1) is 15.0. The number of thiophene rings is 1. The summed E-state index contributed by atoms with van der Waals surface area (Å²) in [5.74, 6) is 1.02. The van der Waals surface area contributed by atoms with Crippen LogP contribution in [-0.4, -0.2) is 55.0 Å². The van der Waals surface area contributed by atoms with Gasteiger partial charge in [0.1, 0.15) is 0 Å². The second kappa shape index (κ2) is 6.90. The van der Waals surface area contributed by atoms with Crippen molar-refractivity contribution in [3.8, 4) is 0 Å². The van der Waals surface area contributed by atoms with Crippen LogP contribution >= 0.6 is 11.3 Å². The van der Waals surface area contributed by atoms with E-state index in [-0.39, 0.29) is 0 Å². The fourth-order valence-corrected chi connectivity index (χ4v) is 4.46. The van der Waals surface area contributed by atoms with E-state index in [2.05, 4.69) is 32.6 Å². The molecule has 2 saturated heterocycles. The van der Waals surface area contributed by atoms with Crippen LogP contribution in [0.4, 0.5) is 0 Å². The van der Waals surface area contributed by atoms with Crippen LogP contribution in [0.15, 0.2) is 17.5 Å². The van der Waals surface area contributed by atoms with Crippen molar-refractivity contribution in [3.05, 3.63) is 22.4 Å². The molecule has 0 aromatic carbocycles. The summed E-state index contributed by atoms with van der Waals surface area (Å²) >= 11 is 1.84. The monoisotopic (exact) mass is 307 g/mol. The summed E-state index contributed by atoms with van der Waals surface area (Å²) in [4.78, 5) is 18.3. The lowest BCUT2D eigenvalue weighted by atomic mass is 9.83. The molecule has 1 N–H and O–H groups in total. The van der Waals surface area contributed by atoms with Crippen LogP contribution in [0, 0.1) is 5.92 Å². The number of nitrogens with one attached hydrogen (secondary N) is 1. The summed E-state index contributed by atoms with van der Waals surface area (Å²) in [7, 11) is 1.95. The summed E-state index contributed by atoms with van der Waals surface area (Å²) in [6.07, 6.45) is 2.93. The first-order chi connectivity index (χ1) is 10.3. The molecule has 0 unspecified atom stereocenters. The zero-order chi connectivity index (χ0) is 14.7. The lowest BCUT2D eigenvalue weighted by molar-refractivity contribution is -0.141. The van der Waals surface area contributed by atoms with Gasteiger partial charge in [-0.1, -0.05) is 6.07 Å². The Bertz CT molecular complexity index is 462. The van der Waals surface area contributed by atoms with Crippen molar-refractivity contribution in [3.63, 3.8) is 0 Å². The highest BCUT2D eigenvalue weighted by Crippen LogP contribution is 2.31. The molecule has 1 aromatic rings. The van der Waals surface area contributed by atoms with Gasteiger partial charge in [0.2, 0.25) is 5.91 Å². The van der Waals surface area contributed by atoms with E-state index in [4.69, 9.17) is 0 Å². The molecule has 2 fully saturated rings. The van der Waals surface area contributed by atoms with Gasteiger partial charge in [-0.15, -0.1) is 11.3 Å². The fraction of sp³-hybridized carbons (Fsp3) is 0.688. The van der Waals surface area contributed by atoms with Crippen molar-refractivity contribution in [1.82, 2.24) is 15.1 Å². The first-order valence-corrected chi connectivity index (χ1v) is 8.84. The van der Waals surface area contributed by atoms with Gasteiger partial charge >= 0.3 is 0 Å². The highest BCUT2D eigenvalue weighted by Gasteiger charge is 2.38. The molecule has 3 rings (SSSR count). The molecule has 1 amide bonds. The van der Waals surface area contributed by atoms with Crippen LogP contribution in [0.5, 0.6) is 0 Å². The molecule has 0 spiro atoms. The lowest BCUT2D eigenvalue weighted by Gasteiger charge is -2.47. The van der Waals surface area contributed by atoms with Crippen LogP contribution in [0.1, 0.15) is 24.1 Å². The Morgan fingerprint density at radius 3 is 3.10 bits per heavy atom. The van der Waals surface area contributed by atoms with E-state index in [1.54, 1.807) is 0 Å². The normalized spacial score (nSPS) is 26.9. The first-order valence-electron chi connectivity index (χ1n) is 7.96. The highest BCUT2D eigenvalue weighted by atomic mass is 32.1. The topological polar surface area (TPSA) is 35.6 Å². The average Bonchev–Trinajstić information content (AvgIpc) is 2.99. The minimum atomic E-state index is 0.359. The predicted octanol–water partition coefficient (Wildman–Crippen LogP) is 1.78. The zero-order valence-electron chi connectivity index (χ0n) is 12.8. The smallest absolute Gasteiger partial charge is 0.222 e. The van der Waals surface area contributed by atoms with E-state index in [0.29, 0.717) is 17.9 Å². The molecule has 0 bridgehead atoms. The average molecular weight is 307 g/mol. The second-order valence-electron chi connectivity index (χ2n) is 6.16. The molecule has 5 heteroatoms. The minimum absolute atomic E-state index is 0.359. The van der Waals surface area contributed by atoms with E-state index in [0.717, 1.165) is 52.0 Å². The molecule has 1 aromatic heterocycles. The number of hydrogen-bond acceptors (Lipinski definition) is 4. The second-order valence-corrected chi connectivity index (χ2v) is 7.19. The summed E-state index contributed by atoms with van der Waals surface area (Å²) in [5, 5.41) is 5.32. The predicted molar refractivity (Wildman–Crippen MR) is 86.4 cm³/mol. The zero-order valence-corrected chi connectivity index (χ0v) is 13.6. The number of rotatable bonds is 5. The molecule has 21 heavy (non-hydrogen) atoms. The maximum Gasteiger partial charge on any atom is 0.222 e. The third-order valence-electron chi connectivity index (χ3n) is 4.79. The minimum Gasteiger partial charge on any atom is -0.338 e.